The number of nitrogens with zero attached hydrogens (tertiary/aromatic N) is 2. The van der Waals surface area contributed by atoms with Gasteiger partial charge in [0, 0.05) is 32.9 Å². The summed E-state index contributed by atoms with van der Waals surface area (Å²) in [4.78, 5) is 2.10. The van der Waals surface area contributed by atoms with Crippen LogP contribution in [0.4, 0.5) is 5.69 Å². The highest BCUT2D eigenvalue weighted by Gasteiger charge is 2.33. The molecule has 0 aromatic heterocycles. The first kappa shape index (κ1) is 14.9. The average Bonchev–Trinajstić information content (AvgIpc) is 2.89. The minimum absolute atomic E-state index is 0.0137. The van der Waals surface area contributed by atoms with Crippen molar-refractivity contribution < 1.29 is 14.7 Å². The van der Waals surface area contributed by atoms with Crippen molar-refractivity contribution in [2.24, 2.45) is 10.9 Å². The van der Waals surface area contributed by atoms with Crippen molar-refractivity contribution in [2.45, 2.75) is 12.2 Å². The first-order valence-corrected chi connectivity index (χ1v) is 6.56. The van der Waals surface area contributed by atoms with Crippen LogP contribution in [0.3, 0.4) is 0 Å². The van der Waals surface area contributed by atoms with Gasteiger partial charge in [-0.2, -0.15) is 0 Å². The molecule has 0 bridgehead atoms. The molecule has 1 aliphatic rings. The van der Waals surface area contributed by atoms with Crippen LogP contribution in [0.2, 0.25) is 5.02 Å². The molecule has 2 atom stereocenters. The Labute approximate surface area is 122 Å². The zero-order chi connectivity index (χ0) is 14.7. The zero-order valence-electron chi connectivity index (χ0n) is 11.4. The van der Waals surface area contributed by atoms with Crippen LogP contribution >= 0.6 is 11.6 Å². The molecule has 0 amide bonds. The number of oxime groups is 1. The van der Waals surface area contributed by atoms with E-state index in [-0.39, 0.29) is 18.0 Å². The fraction of sp³-hybridized carbons (Fsp3) is 0.462. The van der Waals surface area contributed by atoms with E-state index in [2.05, 4.69) is 10.1 Å². The number of rotatable bonds is 4. The maximum absolute atomic E-state index is 8.67. The Kier molecular flexibility index (Phi) is 4.69. The van der Waals surface area contributed by atoms with Crippen LogP contribution in [-0.4, -0.2) is 50.6 Å². The normalized spacial score (nSPS) is 23.4. The lowest BCUT2D eigenvalue weighted by molar-refractivity contribution is -0.00461. The van der Waals surface area contributed by atoms with Gasteiger partial charge in [0.25, 0.3) is 0 Å². The van der Waals surface area contributed by atoms with Crippen molar-refractivity contribution in [3.63, 3.8) is 0 Å². The summed E-state index contributed by atoms with van der Waals surface area (Å²) in [5, 5.41) is 12.2. The molecule has 2 unspecified atom stereocenters. The van der Waals surface area contributed by atoms with E-state index in [9.17, 15) is 0 Å². The highest BCUT2D eigenvalue weighted by molar-refractivity contribution is 6.33. The van der Waals surface area contributed by atoms with Gasteiger partial charge in [-0.1, -0.05) is 16.8 Å². The van der Waals surface area contributed by atoms with Crippen LogP contribution < -0.4 is 10.6 Å². The number of halogens is 1. The average molecular weight is 300 g/mol. The minimum Gasteiger partial charge on any atom is -0.409 e. The molecule has 20 heavy (non-hydrogen) atoms. The lowest BCUT2D eigenvalue weighted by Gasteiger charge is -2.20. The summed E-state index contributed by atoms with van der Waals surface area (Å²) in [5.41, 5.74) is 7.00. The summed E-state index contributed by atoms with van der Waals surface area (Å²) in [6, 6.07) is 5.28. The van der Waals surface area contributed by atoms with Crippen LogP contribution in [0, 0.1) is 0 Å². The molecule has 3 N–H and O–H groups in total. The van der Waals surface area contributed by atoms with E-state index in [1.165, 1.54) is 0 Å². The second kappa shape index (κ2) is 6.30. The summed E-state index contributed by atoms with van der Waals surface area (Å²) in [7, 11) is 3.34. The molecule has 7 heteroatoms. The van der Waals surface area contributed by atoms with Gasteiger partial charge in [0.15, 0.2) is 5.84 Å². The SMILES string of the molecule is COC1CN(c2ccc(/C(N)=N/O)cc2Cl)CC1OC. The van der Waals surface area contributed by atoms with E-state index in [4.69, 9.17) is 32.0 Å². The fourth-order valence-electron chi connectivity index (χ4n) is 2.37. The minimum atomic E-state index is 0.0137. The van der Waals surface area contributed by atoms with Crippen LogP contribution in [0.1, 0.15) is 5.56 Å². The summed E-state index contributed by atoms with van der Waals surface area (Å²) in [5.74, 6) is 0.0319. The van der Waals surface area contributed by atoms with Crippen LogP contribution in [0.15, 0.2) is 23.4 Å². The molecule has 1 aliphatic heterocycles. The van der Waals surface area contributed by atoms with E-state index < -0.39 is 0 Å². The first-order chi connectivity index (χ1) is 9.60. The van der Waals surface area contributed by atoms with Gasteiger partial charge in [0.1, 0.15) is 12.2 Å². The predicted molar refractivity (Wildman–Crippen MR) is 77.8 cm³/mol. The molecule has 110 valence electrons. The van der Waals surface area contributed by atoms with Gasteiger partial charge >= 0.3 is 0 Å². The quantitative estimate of drug-likeness (QED) is 0.379. The van der Waals surface area contributed by atoms with Crippen LogP contribution in [0.25, 0.3) is 0 Å². The molecular weight excluding hydrogens is 282 g/mol. The molecule has 0 aliphatic carbocycles. The van der Waals surface area contributed by atoms with Crippen LogP contribution in [0.5, 0.6) is 0 Å². The van der Waals surface area contributed by atoms with Crippen molar-refractivity contribution >= 4 is 23.1 Å². The van der Waals surface area contributed by atoms with Gasteiger partial charge in [-0.05, 0) is 18.2 Å². The van der Waals surface area contributed by atoms with Gasteiger partial charge in [-0.15, -0.1) is 0 Å². The number of ether oxygens (including phenoxy) is 2. The zero-order valence-corrected chi connectivity index (χ0v) is 12.2. The molecule has 0 spiro atoms. The number of hydrogen-bond acceptors (Lipinski definition) is 5. The molecule has 1 heterocycles. The van der Waals surface area contributed by atoms with Crippen molar-refractivity contribution in [3.05, 3.63) is 28.8 Å². The van der Waals surface area contributed by atoms with Gasteiger partial charge in [0.05, 0.1) is 10.7 Å². The number of anilines is 1. The molecule has 1 aromatic carbocycles. The highest BCUT2D eigenvalue weighted by atomic mass is 35.5. The predicted octanol–water partition coefficient (Wildman–Crippen LogP) is 1.28. The van der Waals surface area contributed by atoms with E-state index in [0.717, 1.165) is 5.69 Å². The number of hydrogen-bond donors (Lipinski definition) is 2. The van der Waals surface area contributed by atoms with Crippen LogP contribution in [-0.2, 0) is 9.47 Å². The fourth-order valence-corrected chi connectivity index (χ4v) is 2.67. The first-order valence-electron chi connectivity index (χ1n) is 6.18. The molecule has 1 aromatic rings. The van der Waals surface area contributed by atoms with E-state index in [1.807, 2.05) is 6.07 Å². The second-order valence-electron chi connectivity index (χ2n) is 4.60. The number of benzene rings is 1. The number of methoxy groups -OCH3 is 2. The largest absolute Gasteiger partial charge is 0.409 e. The molecule has 1 fully saturated rings. The summed E-state index contributed by atoms with van der Waals surface area (Å²) in [6.45, 7) is 1.41. The molecule has 0 saturated carbocycles. The standard InChI is InChI=1S/C13H18ClN3O3/c1-19-11-6-17(7-12(11)20-2)10-4-3-8(5-9(10)14)13(15)16-18/h3-5,11-12,18H,6-7H2,1-2H3,(H2,15,16). The third-order valence-electron chi connectivity index (χ3n) is 3.51. The Bertz CT molecular complexity index is 498. The Hall–Kier alpha value is -1.50. The Morgan fingerprint density at radius 3 is 2.40 bits per heavy atom. The Morgan fingerprint density at radius 2 is 1.95 bits per heavy atom. The smallest absolute Gasteiger partial charge is 0.170 e. The van der Waals surface area contributed by atoms with E-state index in [0.29, 0.717) is 23.7 Å². The van der Waals surface area contributed by atoms with Gasteiger partial charge < -0.3 is 25.3 Å². The third kappa shape index (κ3) is 2.82. The molecule has 0 radical (unpaired) electrons. The van der Waals surface area contributed by atoms with Gasteiger partial charge in [-0.25, -0.2) is 0 Å². The van der Waals surface area contributed by atoms with Crippen molar-refractivity contribution in [2.75, 3.05) is 32.2 Å². The topological polar surface area (TPSA) is 80.3 Å². The Balaban J connectivity index is 2.22. The molecular formula is C13H18ClN3O3. The van der Waals surface area contributed by atoms with Gasteiger partial charge in [0.2, 0.25) is 0 Å². The van der Waals surface area contributed by atoms with Crippen molar-refractivity contribution in [1.29, 1.82) is 0 Å². The lowest BCUT2D eigenvalue weighted by atomic mass is 10.2. The number of nitrogens with two attached hydrogens (primary N) is 1. The molecule has 2 rings (SSSR count). The number of amidine groups is 1. The van der Waals surface area contributed by atoms with Crippen molar-refractivity contribution in [3.8, 4) is 0 Å². The Morgan fingerprint density at radius 1 is 1.35 bits per heavy atom. The highest BCUT2D eigenvalue weighted by Crippen LogP contribution is 2.31. The maximum atomic E-state index is 8.67. The lowest BCUT2D eigenvalue weighted by Crippen LogP contribution is -2.27. The van der Waals surface area contributed by atoms with E-state index >= 15 is 0 Å². The molecule has 6 nitrogen and oxygen atoms in total. The summed E-state index contributed by atoms with van der Waals surface area (Å²) >= 11 is 6.28. The monoisotopic (exact) mass is 299 g/mol. The second-order valence-corrected chi connectivity index (χ2v) is 5.01. The summed E-state index contributed by atoms with van der Waals surface area (Å²) in [6.07, 6.45) is 0.0274. The summed E-state index contributed by atoms with van der Waals surface area (Å²) < 4.78 is 10.8. The third-order valence-corrected chi connectivity index (χ3v) is 3.82. The van der Waals surface area contributed by atoms with Gasteiger partial charge in [-0.3, -0.25) is 0 Å². The maximum Gasteiger partial charge on any atom is 0.170 e. The molecule has 1 saturated heterocycles. The van der Waals surface area contributed by atoms with Crippen molar-refractivity contribution in [1.82, 2.24) is 0 Å². The van der Waals surface area contributed by atoms with E-state index in [1.54, 1.807) is 26.4 Å².